The van der Waals surface area contributed by atoms with E-state index in [-0.39, 0.29) is 5.91 Å². The highest BCUT2D eigenvalue weighted by molar-refractivity contribution is 5.94. The van der Waals surface area contributed by atoms with Crippen LogP contribution in [0.3, 0.4) is 0 Å². The zero-order valence-corrected chi connectivity index (χ0v) is 13.9. The number of rotatable bonds is 5. The first kappa shape index (κ1) is 15.7. The number of aromatic nitrogens is 4. The molecule has 1 fully saturated rings. The number of nitrogens with one attached hydrogen (secondary N) is 1. The summed E-state index contributed by atoms with van der Waals surface area (Å²) in [6, 6.07) is 9.06. The summed E-state index contributed by atoms with van der Waals surface area (Å²) in [5.41, 5.74) is 1.47. The smallest absolute Gasteiger partial charge is 0.250 e. The Hall–Kier alpha value is -2.80. The number of hydrogen-bond donors (Lipinski definition) is 1. The zero-order chi connectivity index (χ0) is 17.1. The second-order valence-electron chi connectivity index (χ2n) is 6.27. The molecule has 1 atom stereocenters. The molecule has 7 nitrogen and oxygen atoms in total. The second-order valence-corrected chi connectivity index (χ2v) is 6.27. The average Bonchev–Trinajstić information content (AvgIpc) is 3.30. The maximum atomic E-state index is 13.0. The maximum absolute atomic E-state index is 13.0. The van der Waals surface area contributed by atoms with Gasteiger partial charge in [-0.15, -0.1) is 0 Å². The molecule has 25 heavy (non-hydrogen) atoms. The first-order valence-corrected chi connectivity index (χ1v) is 8.53. The Morgan fingerprint density at radius 1 is 1.16 bits per heavy atom. The Bertz CT molecular complexity index is 856. The summed E-state index contributed by atoms with van der Waals surface area (Å²) in [6.45, 7) is 2.66. The standard InChI is InChI=1S/C18H20N6O/c25-18(22-15-6-2-1-3-7-15)16(12-23-8-4-5-9-23)24-17-14(11-21-24)10-19-13-20-17/h1-3,6-7,10-11,13,16H,4-5,8-9,12H2,(H,22,25). The van der Waals surface area contributed by atoms with Crippen molar-refractivity contribution in [3.8, 4) is 0 Å². The van der Waals surface area contributed by atoms with Crippen molar-refractivity contribution in [3.05, 3.63) is 49.1 Å². The molecule has 3 heterocycles. The van der Waals surface area contributed by atoms with E-state index in [9.17, 15) is 4.79 Å². The third-order valence-electron chi connectivity index (χ3n) is 4.53. The van der Waals surface area contributed by atoms with Gasteiger partial charge >= 0.3 is 0 Å². The number of carbonyl (C=O) groups excluding carboxylic acids is 1. The van der Waals surface area contributed by atoms with E-state index in [0.717, 1.165) is 24.2 Å². The van der Waals surface area contributed by atoms with E-state index in [4.69, 9.17) is 0 Å². The van der Waals surface area contributed by atoms with Gasteiger partial charge in [-0.2, -0.15) is 5.10 Å². The third kappa shape index (κ3) is 3.36. The van der Waals surface area contributed by atoms with Crippen LogP contribution in [0.4, 0.5) is 5.69 Å². The molecule has 1 saturated heterocycles. The molecule has 3 aromatic rings. The van der Waals surface area contributed by atoms with Crippen LogP contribution in [0.5, 0.6) is 0 Å². The largest absolute Gasteiger partial charge is 0.324 e. The van der Waals surface area contributed by atoms with Crippen molar-refractivity contribution in [3.63, 3.8) is 0 Å². The van der Waals surface area contributed by atoms with Crippen LogP contribution in [-0.2, 0) is 4.79 Å². The molecule has 1 aliphatic heterocycles. The van der Waals surface area contributed by atoms with Crippen LogP contribution >= 0.6 is 0 Å². The molecular weight excluding hydrogens is 316 g/mol. The highest BCUT2D eigenvalue weighted by atomic mass is 16.2. The summed E-state index contributed by atoms with van der Waals surface area (Å²) in [5.74, 6) is -0.0817. The molecule has 2 aromatic heterocycles. The van der Waals surface area contributed by atoms with E-state index >= 15 is 0 Å². The van der Waals surface area contributed by atoms with Crippen molar-refractivity contribution in [1.29, 1.82) is 0 Å². The number of benzene rings is 1. The third-order valence-corrected chi connectivity index (χ3v) is 4.53. The fourth-order valence-corrected chi connectivity index (χ4v) is 3.25. The van der Waals surface area contributed by atoms with E-state index in [2.05, 4.69) is 25.3 Å². The molecule has 1 unspecified atom stereocenters. The van der Waals surface area contributed by atoms with Gasteiger partial charge in [0.15, 0.2) is 5.65 Å². The van der Waals surface area contributed by atoms with Gasteiger partial charge in [-0.05, 0) is 38.1 Å². The Labute approximate surface area is 145 Å². The predicted octanol–water partition coefficient (Wildman–Crippen LogP) is 2.10. The Kier molecular flexibility index (Phi) is 4.39. The summed E-state index contributed by atoms with van der Waals surface area (Å²) in [4.78, 5) is 23.7. The van der Waals surface area contributed by atoms with Crippen LogP contribution in [0.15, 0.2) is 49.1 Å². The van der Waals surface area contributed by atoms with Crippen LogP contribution < -0.4 is 5.32 Å². The van der Waals surface area contributed by atoms with Crippen LogP contribution in [0, 0.1) is 0 Å². The summed E-state index contributed by atoms with van der Waals surface area (Å²) < 4.78 is 1.72. The lowest BCUT2D eigenvalue weighted by molar-refractivity contribution is -0.120. The maximum Gasteiger partial charge on any atom is 0.250 e. The second kappa shape index (κ2) is 6.98. The lowest BCUT2D eigenvalue weighted by Gasteiger charge is -2.23. The molecule has 1 N–H and O–H groups in total. The van der Waals surface area contributed by atoms with Crippen LogP contribution in [0.25, 0.3) is 11.0 Å². The average molecular weight is 336 g/mol. The molecule has 0 bridgehead atoms. The quantitative estimate of drug-likeness (QED) is 0.772. The Morgan fingerprint density at radius 2 is 1.96 bits per heavy atom. The van der Waals surface area contributed by atoms with Crippen molar-refractivity contribution in [2.24, 2.45) is 0 Å². The molecule has 0 aliphatic carbocycles. The van der Waals surface area contributed by atoms with Gasteiger partial charge in [0.25, 0.3) is 5.91 Å². The minimum absolute atomic E-state index is 0.0817. The fourth-order valence-electron chi connectivity index (χ4n) is 3.25. The molecule has 0 spiro atoms. The number of anilines is 1. The molecule has 7 heteroatoms. The highest BCUT2D eigenvalue weighted by Gasteiger charge is 2.27. The first-order chi connectivity index (χ1) is 12.3. The van der Waals surface area contributed by atoms with Crippen LogP contribution in [-0.4, -0.2) is 50.2 Å². The molecule has 4 rings (SSSR count). The van der Waals surface area contributed by atoms with Gasteiger partial charge in [0.2, 0.25) is 0 Å². The number of amides is 1. The molecule has 128 valence electrons. The zero-order valence-electron chi connectivity index (χ0n) is 13.9. The molecular formula is C18H20N6O. The highest BCUT2D eigenvalue weighted by Crippen LogP contribution is 2.20. The SMILES string of the molecule is O=C(Nc1ccccc1)C(CN1CCCC1)n1ncc2cncnc21. The van der Waals surface area contributed by atoms with Gasteiger partial charge in [0.1, 0.15) is 12.4 Å². The van der Waals surface area contributed by atoms with Crippen LogP contribution in [0.1, 0.15) is 18.9 Å². The van der Waals surface area contributed by atoms with Crippen molar-refractivity contribution >= 4 is 22.6 Å². The van der Waals surface area contributed by atoms with Crippen molar-refractivity contribution in [2.45, 2.75) is 18.9 Å². The summed E-state index contributed by atoms with van der Waals surface area (Å²) in [7, 11) is 0. The van der Waals surface area contributed by atoms with E-state index in [1.807, 2.05) is 30.3 Å². The normalized spacial score (nSPS) is 16.2. The van der Waals surface area contributed by atoms with Crippen molar-refractivity contribution < 1.29 is 4.79 Å². The minimum Gasteiger partial charge on any atom is -0.324 e. The molecule has 1 aromatic carbocycles. The topological polar surface area (TPSA) is 75.9 Å². The van der Waals surface area contributed by atoms with Gasteiger partial charge in [-0.25, -0.2) is 14.6 Å². The fraction of sp³-hybridized carbons (Fsp3) is 0.333. The molecule has 1 amide bonds. The number of hydrogen-bond acceptors (Lipinski definition) is 5. The van der Waals surface area contributed by atoms with E-state index in [1.54, 1.807) is 17.1 Å². The molecule has 0 saturated carbocycles. The number of carbonyl (C=O) groups is 1. The summed E-state index contributed by atoms with van der Waals surface area (Å²) in [6.07, 6.45) is 7.27. The number of likely N-dealkylation sites (tertiary alicyclic amines) is 1. The van der Waals surface area contributed by atoms with Gasteiger partial charge in [0, 0.05) is 18.4 Å². The van der Waals surface area contributed by atoms with Gasteiger partial charge in [-0.1, -0.05) is 18.2 Å². The van der Waals surface area contributed by atoms with E-state index in [0.29, 0.717) is 12.2 Å². The lowest BCUT2D eigenvalue weighted by atomic mass is 10.2. The summed E-state index contributed by atoms with van der Waals surface area (Å²) >= 11 is 0. The minimum atomic E-state index is -0.439. The first-order valence-electron chi connectivity index (χ1n) is 8.53. The van der Waals surface area contributed by atoms with Crippen molar-refractivity contribution in [2.75, 3.05) is 25.0 Å². The van der Waals surface area contributed by atoms with Gasteiger partial charge in [-0.3, -0.25) is 4.79 Å². The monoisotopic (exact) mass is 336 g/mol. The van der Waals surface area contributed by atoms with Crippen LogP contribution in [0.2, 0.25) is 0 Å². The van der Waals surface area contributed by atoms with Gasteiger partial charge < -0.3 is 10.2 Å². The van der Waals surface area contributed by atoms with E-state index in [1.165, 1.54) is 19.2 Å². The lowest BCUT2D eigenvalue weighted by Crippen LogP contribution is -2.36. The van der Waals surface area contributed by atoms with Crippen molar-refractivity contribution in [1.82, 2.24) is 24.6 Å². The van der Waals surface area contributed by atoms with E-state index < -0.39 is 6.04 Å². The number of nitrogens with zero attached hydrogens (tertiary/aromatic N) is 5. The molecule has 0 radical (unpaired) electrons. The Morgan fingerprint density at radius 3 is 2.76 bits per heavy atom. The summed E-state index contributed by atoms with van der Waals surface area (Å²) in [5, 5.41) is 8.26. The number of para-hydroxylation sites is 1. The van der Waals surface area contributed by atoms with Gasteiger partial charge in [0.05, 0.1) is 11.6 Å². The number of fused-ring (bicyclic) bond motifs is 1. The predicted molar refractivity (Wildman–Crippen MR) is 95.1 cm³/mol. The molecule has 1 aliphatic rings. The Balaban J connectivity index is 1.64.